The lowest BCUT2D eigenvalue weighted by Gasteiger charge is -2.09. The second kappa shape index (κ2) is 6.16. The Balaban J connectivity index is 1.88. The molecule has 6 nitrogen and oxygen atoms in total. The smallest absolute Gasteiger partial charge is 0.255 e. The maximum absolute atomic E-state index is 12.4. The van der Waals surface area contributed by atoms with E-state index < -0.39 is 11.8 Å². The molecule has 0 spiro atoms. The summed E-state index contributed by atoms with van der Waals surface area (Å²) in [5, 5.41) is 2.69. The van der Waals surface area contributed by atoms with E-state index in [1.165, 1.54) is 29.3 Å². The molecule has 1 aliphatic carbocycles. The first-order valence-corrected chi connectivity index (χ1v) is 7.62. The Hall–Kier alpha value is -3.15. The summed E-state index contributed by atoms with van der Waals surface area (Å²) in [7, 11) is 0. The molecule has 0 aromatic heterocycles. The van der Waals surface area contributed by atoms with Crippen LogP contribution in [0.2, 0.25) is 0 Å². The molecule has 0 saturated heterocycles. The highest BCUT2D eigenvalue weighted by Gasteiger charge is 2.15. The number of fused-ring (bicyclic) bond motifs is 1. The summed E-state index contributed by atoms with van der Waals surface area (Å²) in [6, 6.07) is 9.75. The molecule has 0 atom stereocenters. The highest BCUT2D eigenvalue weighted by atomic mass is 16.2. The first-order chi connectivity index (χ1) is 11.4. The van der Waals surface area contributed by atoms with E-state index in [9.17, 15) is 14.4 Å². The molecular weight excluding hydrogens is 306 g/mol. The number of carbonyl (C=O) groups excluding carboxylic acids is 3. The van der Waals surface area contributed by atoms with Crippen molar-refractivity contribution in [1.82, 2.24) is 0 Å². The van der Waals surface area contributed by atoms with Crippen molar-refractivity contribution in [3.8, 4) is 0 Å². The van der Waals surface area contributed by atoms with Crippen LogP contribution in [0, 0.1) is 0 Å². The molecule has 0 unspecified atom stereocenters. The quantitative estimate of drug-likeness (QED) is 0.794. The summed E-state index contributed by atoms with van der Waals surface area (Å²) in [5.41, 5.74) is 14.0. The van der Waals surface area contributed by atoms with Gasteiger partial charge in [-0.05, 0) is 60.7 Å². The third kappa shape index (κ3) is 3.12. The summed E-state index contributed by atoms with van der Waals surface area (Å²) in [5.74, 6) is -1.72. The fourth-order valence-electron chi connectivity index (χ4n) is 2.90. The molecule has 5 N–H and O–H groups in total. The summed E-state index contributed by atoms with van der Waals surface area (Å²) in [4.78, 5) is 35.2. The van der Waals surface area contributed by atoms with Gasteiger partial charge in [0.15, 0.2) is 0 Å². The van der Waals surface area contributed by atoms with Gasteiger partial charge in [-0.25, -0.2) is 0 Å². The van der Waals surface area contributed by atoms with Gasteiger partial charge >= 0.3 is 0 Å². The van der Waals surface area contributed by atoms with Gasteiger partial charge in [-0.2, -0.15) is 0 Å². The molecule has 0 radical (unpaired) electrons. The van der Waals surface area contributed by atoms with Crippen LogP contribution in [0.3, 0.4) is 0 Å². The molecule has 0 saturated carbocycles. The van der Waals surface area contributed by atoms with E-state index >= 15 is 0 Å². The predicted octanol–water partition coefficient (Wildman–Crippen LogP) is 1.63. The summed E-state index contributed by atoms with van der Waals surface area (Å²) < 4.78 is 0. The van der Waals surface area contributed by atoms with Crippen LogP contribution in [0.1, 0.15) is 48.6 Å². The van der Waals surface area contributed by atoms with Gasteiger partial charge in [0.05, 0.1) is 0 Å². The number of rotatable bonds is 4. The molecule has 0 aliphatic heterocycles. The van der Waals surface area contributed by atoms with Crippen molar-refractivity contribution in [3.63, 3.8) is 0 Å². The molecule has 0 fully saturated rings. The van der Waals surface area contributed by atoms with Crippen molar-refractivity contribution in [1.29, 1.82) is 0 Å². The Bertz CT molecular complexity index is 826. The zero-order valence-electron chi connectivity index (χ0n) is 13.0. The van der Waals surface area contributed by atoms with Crippen molar-refractivity contribution in [2.75, 3.05) is 5.32 Å². The van der Waals surface area contributed by atoms with Gasteiger partial charge in [-0.1, -0.05) is 6.07 Å². The fraction of sp³-hybridized carbons (Fsp3) is 0.167. The van der Waals surface area contributed by atoms with Crippen LogP contribution in [0.5, 0.6) is 0 Å². The standard InChI is InChI=1S/C18H17N3O3/c19-16(22)13-7-14(17(20)23)9-15(8-13)21-18(24)12-5-4-10-2-1-3-11(10)6-12/h4-9H,1-3H2,(H2,19,22)(H2,20,23)(H,21,24). The van der Waals surface area contributed by atoms with Crippen LogP contribution >= 0.6 is 0 Å². The largest absolute Gasteiger partial charge is 0.366 e. The molecule has 1 aliphatic rings. The number of aryl methyl sites for hydroxylation is 2. The van der Waals surface area contributed by atoms with Crippen molar-refractivity contribution >= 4 is 23.4 Å². The topological polar surface area (TPSA) is 115 Å². The van der Waals surface area contributed by atoms with E-state index in [0.717, 1.165) is 19.3 Å². The van der Waals surface area contributed by atoms with Crippen LogP contribution in [0.25, 0.3) is 0 Å². The van der Waals surface area contributed by atoms with Gasteiger partial charge in [0, 0.05) is 22.4 Å². The number of nitrogens with one attached hydrogen (secondary N) is 1. The van der Waals surface area contributed by atoms with Crippen molar-refractivity contribution in [3.05, 3.63) is 64.2 Å². The second-order valence-corrected chi connectivity index (χ2v) is 5.82. The molecule has 24 heavy (non-hydrogen) atoms. The second-order valence-electron chi connectivity index (χ2n) is 5.82. The molecule has 3 amide bonds. The van der Waals surface area contributed by atoms with E-state index in [0.29, 0.717) is 11.3 Å². The minimum atomic E-state index is -0.703. The van der Waals surface area contributed by atoms with Gasteiger partial charge in [-0.3, -0.25) is 14.4 Å². The van der Waals surface area contributed by atoms with Gasteiger partial charge < -0.3 is 16.8 Å². The summed E-state index contributed by atoms with van der Waals surface area (Å²) in [6.45, 7) is 0. The number of amides is 3. The molecule has 0 heterocycles. The van der Waals surface area contributed by atoms with Crippen LogP contribution in [0.4, 0.5) is 5.69 Å². The maximum atomic E-state index is 12.4. The average molecular weight is 323 g/mol. The lowest BCUT2D eigenvalue weighted by Crippen LogP contribution is -2.18. The minimum absolute atomic E-state index is 0.107. The molecule has 0 bridgehead atoms. The Labute approximate surface area is 138 Å². The Morgan fingerprint density at radius 2 is 1.42 bits per heavy atom. The first-order valence-electron chi connectivity index (χ1n) is 7.62. The summed E-state index contributed by atoms with van der Waals surface area (Å²) in [6.07, 6.45) is 3.11. The number of hydrogen-bond acceptors (Lipinski definition) is 3. The molecule has 2 aromatic rings. The van der Waals surface area contributed by atoms with Gasteiger partial charge in [0.1, 0.15) is 0 Å². The highest BCUT2D eigenvalue weighted by Crippen LogP contribution is 2.23. The normalized spacial score (nSPS) is 12.5. The maximum Gasteiger partial charge on any atom is 0.255 e. The zero-order valence-corrected chi connectivity index (χ0v) is 13.0. The van der Waals surface area contributed by atoms with E-state index in [-0.39, 0.29) is 17.0 Å². The van der Waals surface area contributed by atoms with Gasteiger partial charge in [0.25, 0.3) is 5.91 Å². The van der Waals surface area contributed by atoms with E-state index in [1.807, 2.05) is 12.1 Å². The van der Waals surface area contributed by atoms with Crippen LogP contribution in [0.15, 0.2) is 36.4 Å². The third-order valence-corrected chi connectivity index (χ3v) is 4.12. The van der Waals surface area contributed by atoms with Crippen LogP contribution < -0.4 is 16.8 Å². The predicted molar refractivity (Wildman–Crippen MR) is 89.9 cm³/mol. The number of anilines is 1. The SMILES string of the molecule is NC(=O)c1cc(NC(=O)c2ccc3c(c2)CCC3)cc(C(N)=O)c1. The molecule has 2 aromatic carbocycles. The lowest BCUT2D eigenvalue weighted by atomic mass is 10.1. The fourth-order valence-corrected chi connectivity index (χ4v) is 2.90. The molecule has 6 heteroatoms. The number of primary amides is 2. The first kappa shape index (κ1) is 15.7. The van der Waals surface area contributed by atoms with Crippen LogP contribution in [-0.4, -0.2) is 17.7 Å². The van der Waals surface area contributed by atoms with Crippen molar-refractivity contribution < 1.29 is 14.4 Å². The van der Waals surface area contributed by atoms with Gasteiger partial charge in [-0.15, -0.1) is 0 Å². The number of nitrogens with two attached hydrogens (primary N) is 2. The zero-order chi connectivity index (χ0) is 17.3. The van der Waals surface area contributed by atoms with E-state index in [4.69, 9.17) is 11.5 Å². The van der Waals surface area contributed by atoms with Crippen molar-refractivity contribution in [2.24, 2.45) is 11.5 Å². The minimum Gasteiger partial charge on any atom is -0.366 e. The highest BCUT2D eigenvalue weighted by molar-refractivity contribution is 6.06. The van der Waals surface area contributed by atoms with Gasteiger partial charge in [0.2, 0.25) is 11.8 Å². The summed E-state index contributed by atoms with van der Waals surface area (Å²) >= 11 is 0. The molecular formula is C18H17N3O3. The molecule has 3 rings (SSSR count). The number of carbonyl (C=O) groups is 3. The van der Waals surface area contributed by atoms with E-state index in [2.05, 4.69) is 5.32 Å². The van der Waals surface area contributed by atoms with Crippen molar-refractivity contribution in [2.45, 2.75) is 19.3 Å². The van der Waals surface area contributed by atoms with E-state index in [1.54, 1.807) is 6.07 Å². The number of benzene rings is 2. The average Bonchev–Trinajstić information content (AvgIpc) is 3.01. The Kier molecular flexibility index (Phi) is 4.04. The number of hydrogen-bond donors (Lipinski definition) is 3. The van der Waals surface area contributed by atoms with Crippen LogP contribution in [-0.2, 0) is 12.8 Å². The lowest BCUT2D eigenvalue weighted by molar-refractivity contribution is 0.0994. The Morgan fingerprint density at radius 3 is 2.04 bits per heavy atom. The Morgan fingerprint density at radius 1 is 0.792 bits per heavy atom. The molecule has 122 valence electrons. The third-order valence-electron chi connectivity index (χ3n) is 4.12. The monoisotopic (exact) mass is 323 g/mol.